The lowest BCUT2D eigenvalue weighted by Gasteiger charge is -2.13. The zero-order valence-corrected chi connectivity index (χ0v) is 9.67. The van der Waals surface area contributed by atoms with Gasteiger partial charge in [-0.3, -0.25) is 0 Å². The van der Waals surface area contributed by atoms with Crippen molar-refractivity contribution in [3.63, 3.8) is 0 Å². The minimum atomic E-state index is 0.329. The van der Waals surface area contributed by atoms with Gasteiger partial charge in [0.1, 0.15) is 0 Å². The van der Waals surface area contributed by atoms with E-state index < -0.39 is 0 Å². The first-order valence-electron chi connectivity index (χ1n) is 4.89. The summed E-state index contributed by atoms with van der Waals surface area (Å²) in [4.78, 5) is 5.57. The summed E-state index contributed by atoms with van der Waals surface area (Å²) in [5.74, 6) is 0. The summed E-state index contributed by atoms with van der Waals surface area (Å²) in [5.41, 5.74) is 4.22. The lowest BCUT2D eigenvalue weighted by molar-refractivity contribution is 0.553. The second-order valence-corrected chi connectivity index (χ2v) is 4.37. The predicted octanol–water partition coefficient (Wildman–Crippen LogP) is 2.55. The summed E-state index contributed by atoms with van der Waals surface area (Å²) < 4.78 is 5.07. The van der Waals surface area contributed by atoms with E-state index >= 15 is 0 Å². The molecule has 1 unspecified atom stereocenters. The van der Waals surface area contributed by atoms with Crippen LogP contribution in [0.1, 0.15) is 22.2 Å². The number of aryl methyl sites for hydroxylation is 1. The number of furan rings is 1. The highest BCUT2D eigenvalue weighted by Crippen LogP contribution is 2.24. The number of hydrogen-bond acceptors (Lipinski definition) is 4. The van der Waals surface area contributed by atoms with E-state index in [9.17, 15) is 0 Å². The molecule has 0 aliphatic heterocycles. The molecule has 2 aromatic heterocycles. The summed E-state index contributed by atoms with van der Waals surface area (Å²) in [6.45, 7) is 2.05. The first kappa shape index (κ1) is 10.4. The van der Waals surface area contributed by atoms with Crippen molar-refractivity contribution in [2.24, 2.45) is 0 Å². The van der Waals surface area contributed by atoms with Crippen LogP contribution in [-0.4, -0.2) is 12.0 Å². The lowest BCUT2D eigenvalue weighted by Crippen LogP contribution is -2.18. The van der Waals surface area contributed by atoms with Gasteiger partial charge in [-0.05, 0) is 32.0 Å². The minimum absolute atomic E-state index is 0.329. The molecule has 0 amide bonds. The highest BCUT2D eigenvalue weighted by atomic mass is 32.1. The molecule has 4 heteroatoms. The van der Waals surface area contributed by atoms with Crippen molar-refractivity contribution in [3.8, 4) is 0 Å². The van der Waals surface area contributed by atoms with Gasteiger partial charge in [-0.2, -0.15) is 0 Å². The second-order valence-electron chi connectivity index (χ2n) is 3.48. The molecule has 2 heterocycles. The number of nitrogens with one attached hydrogen (secondary N) is 1. The molecule has 80 valence electrons. The molecule has 15 heavy (non-hydrogen) atoms. The Morgan fingerprint density at radius 2 is 2.47 bits per heavy atom. The van der Waals surface area contributed by atoms with Crippen LogP contribution in [-0.2, 0) is 6.42 Å². The largest absolute Gasteiger partial charge is 0.472 e. The Morgan fingerprint density at radius 3 is 3.00 bits per heavy atom. The number of thiazole rings is 1. The van der Waals surface area contributed by atoms with Crippen molar-refractivity contribution in [2.75, 3.05) is 7.05 Å². The van der Waals surface area contributed by atoms with Crippen LogP contribution in [0.3, 0.4) is 0 Å². The Hall–Kier alpha value is -1.13. The molecule has 0 aliphatic carbocycles. The van der Waals surface area contributed by atoms with Crippen LogP contribution in [0.15, 0.2) is 28.5 Å². The smallest absolute Gasteiger partial charge is 0.0935 e. The van der Waals surface area contributed by atoms with Gasteiger partial charge in [0.25, 0.3) is 0 Å². The molecule has 3 nitrogen and oxygen atoms in total. The molecule has 1 N–H and O–H groups in total. The monoisotopic (exact) mass is 222 g/mol. The maximum absolute atomic E-state index is 5.07. The molecule has 0 saturated carbocycles. The van der Waals surface area contributed by atoms with Crippen LogP contribution in [0.5, 0.6) is 0 Å². The van der Waals surface area contributed by atoms with Crippen molar-refractivity contribution in [3.05, 3.63) is 40.2 Å². The number of nitrogens with zero attached hydrogens (tertiary/aromatic N) is 1. The van der Waals surface area contributed by atoms with Crippen LogP contribution >= 0.6 is 11.3 Å². The molecule has 0 radical (unpaired) electrons. The summed E-state index contributed by atoms with van der Waals surface area (Å²) >= 11 is 1.70. The molecular weight excluding hydrogens is 208 g/mol. The maximum Gasteiger partial charge on any atom is 0.0935 e. The first-order valence-corrected chi connectivity index (χ1v) is 5.77. The van der Waals surface area contributed by atoms with Crippen molar-refractivity contribution in [1.29, 1.82) is 0 Å². The van der Waals surface area contributed by atoms with Crippen LogP contribution in [0.4, 0.5) is 0 Å². The molecule has 0 spiro atoms. The van der Waals surface area contributed by atoms with E-state index in [4.69, 9.17) is 4.42 Å². The molecular formula is C11H14N2OS. The molecule has 2 rings (SSSR count). The third-order valence-corrected chi connectivity index (χ3v) is 3.51. The Bertz CT molecular complexity index is 408. The Balaban J connectivity index is 2.15. The van der Waals surface area contributed by atoms with E-state index in [1.165, 1.54) is 10.4 Å². The first-order chi connectivity index (χ1) is 7.31. The second kappa shape index (κ2) is 4.59. The Kier molecular flexibility index (Phi) is 3.18. The van der Waals surface area contributed by atoms with Crippen molar-refractivity contribution >= 4 is 11.3 Å². The van der Waals surface area contributed by atoms with Gasteiger partial charge in [0.2, 0.25) is 0 Å². The third-order valence-electron chi connectivity index (χ3n) is 2.47. The average Bonchev–Trinajstić information content (AvgIpc) is 2.85. The van der Waals surface area contributed by atoms with Gasteiger partial charge < -0.3 is 9.73 Å². The predicted molar refractivity (Wildman–Crippen MR) is 61.1 cm³/mol. The molecule has 0 bridgehead atoms. The topological polar surface area (TPSA) is 38.1 Å². The van der Waals surface area contributed by atoms with Gasteiger partial charge in [-0.15, -0.1) is 11.3 Å². The van der Waals surface area contributed by atoms with E-state index in [1.54, 1.807) is 23.9 Å². The van der Waals surface area contributed by atoms with Crippen molar-refractivity contribution in [2.45, 2.75) is 19.4 Å². The standard InChI is InChI=1S/C11H14N2OS/c1-8-11(15-7-13-8)10(12-2)5-9-3-4-14-6-9/h3-4,6-7,10,12H,5H2,1-2H3. The van der Waals surface area contributed by atoms with Crippen molar-refractivity contribution in [1.82, 2.24) is 10.3 Å². The van der Waals surface area contributed by atoms with Gasteiger partial charge >= 0.3 is 0 Å². The molecule has 0 aliphatic rings. The van der Waals surface area contributed by atoms with Gasteiger partial charge in [-0.25, -0.2) is 4.98 Å². The van der Waals surface area contributed by atoms with Gasteiger partial charge in [-0.1, -0.05) is 0 Å². The van der Waals surface area contributed by atoms with E-state index in [0.717, 1.165) is 12.1 Å². The molecule has 0 saturated heterocycles. The summed E-state index contributed by atoms with van der Waals surface area (Å²) in [5, 5.41) is 3.31. The lowest BCUT2D eigenvalue weighted by atomic mass is 10.1. The number of rotatable bonds is 4. The number of likely N-dealkylation sites (N-methyl/N-ethyl adjacent to an activating group) is 1. The summed E-state index contributed by atoms with van der Waals surface area (Å²) in [6, 6.07) is 2.33. The van der Waals surface area contributed by atoms with Crippen molar-refractivity contribution < 1.29 is 4.42 Å². The van der Waals surface area contributed by atoms with Crippen LogP contribution in [0.2, 0.25) is 0 Å². The van der Waals surface area contributed by atoms with Crippen LogP contribution in [0, 0.1) is 6.92 Å². The molecule has 0 fully saturated rings. The highest BCUT2D eigenvalue weighted by Gasteiger charge is 2.15. The molecule has 1 atom stereocenters. The summed E-state index contributed by atoms with van der Waals surface area (Å²) in [6.07, 6.45) is 4.44. The quantitative estimate of drug-likeness (QED) is 0.864. The fraction of sp³-hybridized carbons (Fsp3) is 0.364. The minimum Gasteiger partial charge on any atom is -0.472 e. The van der Waals surface area contributed by atoms with E-state index in [1.807, 2.05) is 25.5 Å². The summed E-state index contributed by atoms with van der Waals surface area (Å²) in [7, 11) is 1.98. The molecule has 2 aromatic rings. The van der Waals surface area contributed by atoms with Gasteiger partial charge in [0.15, 0.2) is 0 Å². The Morgan fingerprint density at radius 1 is 1.60 bits per heavy atom. The van der Waals surface area contributed by atoms with Crippen LogP contribution in [0.25, 0.3) is 0 Å². The number of aromatic nitrogens is 1. The average molecular weight is 222 g/mol. The SMILES string of the molecule is CNC(Cc1ccoc1)c1scnc1C. The van der Waals surface area contributed by atoms with E-state index in [2.05, 4.69) is 10.3 Å². The highest BCUT2D eigenvalue weighted by molar-refractivity contribution is 7.09. The maximum atomic E-state index is 5.07. The zero-order valence-electron chi connectivity index (χ0n) is 8.86. The van der Waals surface area contributed by atoms with Gasteiger partial charge in [0, 0.05) is 10.9 Å². The third kappa shape index (κ3) is 2.27. The zero-order chi connectivity index (χ0) is 10.7. The van der Waals surface area contributed by atoms with Gasteiger partial charge in [0.05, 0.1) is 23.7 Å². The van der Waals surface area contributed by atoms with E-state index in [0.29, 0.717) is 6.04 Å². The number of hydrogen-bond donors (Lipinski definition) is 1. The normalized spacial score (nSPS) is 12.9. The molecule has 0 aromatic carbocycles. The fourth-order valence-corrected chi connectivity index (χ4v) is 2.53. The van der Waals surface area contributed by atoms with E-state index in [-0.39, 0.29) is 0 Å². The Labute approximate surface area is 93.2 Å². The fourth-order valence-electron chi connectivity index (χ4n) is 1.62. The van der Waals surface area contributed by atoms with Crippen LogP contribution < -0.4 is 5.32 Å².